The second-order valence-electron chi connectivity index (χ2n) is 25.6. The molecule has 0 aliphatic carbocycles. The molecule has 0 fully saturated rings. The molecule has 88 heavy (non-hydrogen) atoms. The van der Waals surface area contributed by atoms with Crippen molar-refractivity contribution in [3.63, 3.8) is 0 Å². The fourth-order valence-corrected chi connectivity index (χ4v) is 12.0. The van der Waals surface area contributed by atoms with Gasteiger partial charge < -0.3 is 33.8 Å². The molecule has 19 heteroatoms. The molecule has 6 atom stereocenters. The molecule has 17 nitrogen and oxygen atoms in total. The van der Waals surface area contributed by atoms with E-state index in [0.29, 0.717) is 25.7 Å². The Kier molecular flexibility index (Phi) is 59.9. The summed E-state index contributed by atoms with van der Waals surface area (Å²) in [6.45, 7) is 9.42. The van der Waals surface area contributed by atoms with Crippen LogP contribution in [0.5, 0.6) is 0 Å². The van der Waals surface area contributed by atoms with E-state index < -0.39 is 97.5 Å². The Morgan fingerprint density at radius 1 is 0.330 bits per heavy atom. The van der Waals surface area contributed by atoms with Crippen LogP contribution in [0.3, 0.4) is 0 Å². The minimum atomic E-state index is -4.95. The molecule has 0 radical (unpaired) electrons. The maximum absolute atomic E-state index is 13.0. The second-order valence-corrected chi connectivity index (χ2v) is 28.5. The van der Waals surface area contributed by atoms with E-state index in [1.165, 1.54) is 161 Å². The average molecular weight is 1300 g/mol. The van der Waals surface area contributed by atoms with Gasteiger partial charge in [-0.3, -0.25) is 37.3 Å². The molecule has 3 unspecified atom stereocenters. The van der Waals surface area contributed by atoms with Crippen LogP contribution in [0, 0.1) is 11.8 Å². The van der Waals surface area contributed by atoms with Crippen LogP contribution in [0.1, 0.15) is 350 Å². The molecule has 0 heterocycles. The highest BCUT2D eigenvalue weighted by molar-refractivity contribution is 7.47. The van der Waals surface area contributed by atoms with Crippen molar-refractivity contribution in [2.24, 2.45) is 11.8 Å². The van der Waals surface area contributed by atoms with Gasteiger partial charge in [-0.05, 0) is 37.5 Å². The molecule has 3 N–H and O–H groups in total. The Hall–Kier alpha value is -1.94. The van der Waals surface area contributed by atoms with E-state index >= 15 is 0 Å². The number of unbranched alkanes of at least 4 members (excludes halogenated alkanes) is 37. The van der Waals surface area contributed by atoms with Crippen LogP contribution in [-0.2, 0) is 65.4 Å². The number of aliphatic hydroxyl groups is 1. The van der Waals surface area contributed by atoms with Gasteiger partial charge in [0.2, 0.25) is 0 Å². The number of esters is 4. The van der Waals surface area contributed by atoms with Gasteiger partial charge >= 0.3 is 39.5 Å². The van der Waals surface area contributed by atoms with Gasteiger partial charge in [0.15, 0.2) is 12.2 Å². The second kappa shape index (κ2) is 61.3. The molecule has 0 aliphatic heterocycles. The summed E-state index contributed by atoms with van der Waals surface area (Å²) in [7, 11) is -9.89. The third-order valence-electron chi connectivity index (χ3n) is 16.3. The molecule has 0 aromatic heterocycles. The standard InChI is InChI=1S/C69H134O17P2/c1-7-10-12-14-15-16-17-18-19-20-21-24-28-31-34-41-47-53-68(73)85-65(58-80-67(72)52-46-40-33-30-27-25-22-23-26-29-32-38-43-49-61(4)5)60-84-88(77,78)82-56-63(70)55-81-87(75,76)83-59-64(57-79-66(71)51-45-37-13-11-8-2)86-69(74)54-48-42-36-35-39-44-50-62(6)9-3/h61-65,70H,7-60H2,1-6H3,(H,75,76)(H,77,78)/t62?,63-,64+,65+/m0/s1. The van der Waals surface area contributed by atoms with Crippen molar-refractivity contribution in [1.82, 2.24) is 0 Å². The van der Waals surface area contributed by atoms with Crippen molar-refractivity contribution in [3.8, 4) is 0 Å². The molecule has 0 aliphatic rings. The minimum Gasteiger partial charge on any atom is -0.462 e. The summed E-state index contributed by atoms with van der Waals surface area (Å²) in [4.78, 5) is 72.2. The lowest BCUT2D eigenvalue weighted by molar-refractivity contribution is -0.161. The Labute approximate surface area is 537 Å². The van der Waals surface area contributed by atoms with Gasteiger partial charge in [-0.2, -0.15) is 0 Å². The highest BCUT2D eigenvalue weighted by atomic mass is 31.2. The molecule has 522 valence electrons. The molecular formula is C69H134O17P2. The summed E-state index contributed by atoms with van der Waals surface area (Å²) in [5.41, 5.74) is 0. The number of carbonyl (C=O) groups excluding carboxylic acids is 4. The molecule has 0 saturated carbocycles. The molecule has 0 spiro atoms. The molecule has 0 saturated heterocycles. The highest BCUT2D eigenvalue weighted by Gasteiger charge is 2.30. The maximum Gasteiger partial charge on any atom is 0.472 e. The van der Waals surface area contributed by atoms with Crippen molar-refractivity contribution in [3.05, 3.63) is 0 Å². The fourth-order valence-electron chi connectivity index (χ4n) is 10.4. The van der Waals surface area contributed by atoms with E-state index in [0.717, 1.165) is 108 Å². The van der Waals surface area contributed by atoms with Gasteiger partial charge in [0.05, 0.1) is 26.4 Å². The number of rotatable bonds is 68. The molecule has 0 rings (SSSR count). The first kappa shape index (κ1) is 86.1. The first-order valence-electron chi connectivity index (χ1n) is 36.0. The Bertz CT molecular complexity index is 1720. The van der Waals surface area contributed by atoms with E-state index in [4.69, 9.17) is 37.0 Å². The zero-order valence-corrected chi connectivity index (χ0v) is 58.8. The number of ether oxygens (including phenoxy) is 4. The molecule has 0 aromatic rings. The Balaban J connectivity index is 5.16. The van der Waals surface area contributed by atoms with Crippen molar-refractivity contribution in [2.75, 3.05) is 39.6 Å². The first-order valence-corrected chi connectivity index (χ1v) is 39.0. The number of phosphoric ester groups is 2. The smallest absolute Gasteiger partial charge is 0.462 e. The quantitative estimate of drug-likeness (QED) is 0.0222. The predicted octanol–water partition coefficient (Wildman–Crippen LogP) is 19.6. The fraction of sp³-hybridized carbons (Fsp3) is 0.942. The Morgan fingerprint density at radius 2 is 0.580 bits per heavy atom. The normalized spacial score (nSPS) is 14.5. The third kappa shape index (κ3) is 61.6. The van der Waals surface area contributed by atoms with Gasteiger partial charge in [-0.15, -0.1) is 0 Å². The van der Waals surface area contributed by atoms with Gasteiger partial charge in [-0.25, -0.2) is 9.13 Å². The highest BCUT2D eigenvalue weighted by Crippen LogP contribution is 2.45. The van der Waals surface area contributed by atoms with Gasteiger partial charge in [0.25, 0.3) is 0 Å². The van der Waals surface area contributed by atoms with Crippen LogP contribution in [0.25, 0.3) is 0 Å². The summed E-state index contributed by atoms with van der Waals surface area (Å²) < 4.78 is 68.0. The van der Waals surface area contributed by atoms with Crippen molar-refractivity contribution < 1.29 is 80.2 Å². The first-order chi connectivity index (χ1) is 42.4. The van der Waals surface area contributed by atoms with Crippen LogP contribution in [0.15, 0.2) is 0 Å². The van der Waals surface area contributed by atoms with Crippen LogP contribution in [0.2, 0.25) is 0 Å². The van der Waals surface area contributed by atoms with E-state index in [2.05, 4.69) is 41.5 Å². The number of hydrogen-bond donors (Lipinski definition) is 3. The van der Waals surface area contributed by atoms with Gasteiger partial charge in [0, 0.05) is 25.7 Å². The number of phosphoric acid groups is 2. The maximum atomic E-state index is 13.0. The molecule has 0 amide bonds. The van der Waals surface area contributed by atoms with E-state index in [-0.39, 0.29) is 25.7 Å². The van der Waals surface area contributed by atoms with Crippen LogP contribution < -0.4 is 0 Å². The average Bonchev–Trinajstić information content (AvgIpc) is 3.68. The lowest BCUT2D eigenvalue weighted by Gasteiger charge is -2.21. The topological polar surface area (TPSA) is 237 Å². The number of aliphatic hydroxyl groups excluding tert-OH is 1. The van der Waals surface area contributed by atoms with Crippen LogP contribution >= 0.6 is 15.6 Å². The van der Waals surface area contributed by atoms with E-state index in [9.17, 15) is 43.2 Å². The summed E-state index contributed by atoms with van der Waals surface area (Å²) in [6, 6.07) is 0. The zero-order chi connectivity index (χ0) is 65.0. The lowest BCUT2D eigenvalue weighted by atomic mass is 10.00. The van der Waals surface area contributed by atoms with Crippen molar-refractivity contribution >= 4 is 39.5 Å². The molecule has 0 bridgehead atoms. The van der Waals surface area contributed by atoms with Crippen molar-refractivity contribution in [1.29, 1.82) is 0 Å². The monoisotopic (exact) mass is 1300 g/mol. The van der Waals surface area contributed by atoms with E-state index in [1.54, 1.807) is 0 Å². The summed E-state index contributed by atoms with van der Waals surface area (Å²) in [5, 5.41) is 10.5. The SMILES string of the molecule is CCCCCCCCCCCCCCCCCCCC(=O)O[C@H](COC(=O)CCCCCCCCCCCCCCCC(C)C)COP(=O)(O)OC[C@@H](O)COP(=O)(O)OC[C@@H](COC(=O)CCCCCCC)OC(=O)CCCCCCCCC(C)CC. The number of carbonyl (C=O) groups is 4. The summed E-state index contributed by atoms with van der Waals surface area (Å²) in [6.07, 6.45) is 46.3. The lowest BCUT2D eigenvalue weighted by Crippen LogP contribution is -2.30. The third-order valence-corrected chi connectivity index (χ3v) is 18.2. The van der Waals surface area contributed by atoms with E-state index in [1.807, 2.05) is 0 Å². The van der Waals surface area contributed by atoms with Crippen LogP contribution in [-0.4, -0.2) is 96.7 Å². The minimum absolute atomic E-state index is 0.102. The summed E-state index contributed by atoms with van der Waals surface area (Å²) >= 11 is 0. The van der Waals surface area contributed by atoms with Gasteiger partial charge in [0.1, 0.15) is 19.3 Å². The van der Waals surface area contributed by atoms with Crippen LogP contribution in [0.4, 0.5) is 0 Å². The zero-order valence-electron chi connectivity index (χ0n) is 57.0. The molecular weight excluding hydrogens is 1160 g/mol. The molecule has 0 aromatic carbocycles. The Morgan fingerprint density at radius 3 is 0.864 bits per heavy atom. The van der Waals surface area contributed by atoms with Gasteiger partial charge in [-0.1, -0.05) is 298 Å². The van der Waals surface area contributed by atoms with Crippen molar-refractivity contribution in [2.45, 2.75) is 368 Å². The predicted molar refractivity (Wildman–Crippen MR) is 354 cm³/mol. The number of hydrogen-bond acceptors (Lipinski definition) is 15. The summed E-state index contributed by atoms with van der Waals surface area (Å²) in [5.74, 6) is -0.627. The largest absolute Gasteiger partial charge is 0.472 e.